The molecule has 0 unspecified atom stereocenters. The summed E-state index contributed by atoms with van der Waals surface area (Å²) in [7, 11) is 0. The first-order valence-corrected chi connectivity index (χ1v) is 12.5. The number of carbonyl (C=O) groups excluding carboxylic acids is 1. The highest BCUT2D eigenvalue weighted by Crippen LogP contribution is 2.33. The average molecular weight is 465 g/mol. The number of para-hydroxylation sites is 1. The van der Waals surface area contributed by atoms with Crippen molar-refractivity contribution in [3.8, 4) is 5.69 Å². The molecule has 7 nitrogen and oxygen atoms in total. The zero-order valence-electron chi connectivity index (χ0n) is 18.1. The summed E-state index contributed by atoms with van der Waals surface area (Å²) in [6, 6.07) is 14.3. The Labute approximate surface area is 194 Å². The molecule has 2 aromatic carbocycles. The number of hydrogen-bond donors (Lipinski definition) is 0. The van der Waals surface area contributed by atoms with Gasteiger partial charge in [0.1, 0.15) is 0 Å². The van der Waals surface area contributed by atoms with Gasteiger partial charge in [0, 0.05) is 19.0 Å². The smallest absolute Gasteiger partial charge is 0.233 e. The molecule has 164 valence electrons. The van der Waals surface area contributed by atoms with Crippen LogP contribution in [0.15, 0.2) is 47.6 Å². The molecule has 0 aliphatic carbocycles. The number of thioether (sulfide) groups is 1. The van der Waals surface area contributed by atoms with Crippen molar-refractivity contribution in [1.29, 1.82) is 0 Å². The summed E-state index contributed by atoms with van der Waals surface area (Å²) in [4.78, 5) is 19.8. The summed E-state index contributed by atoms with van der Waals surface area (Å²) >= 11 is 3.14. The lowest BCUT2D eigenvalue weighted by Gasteiger charge is -2.31. The standard InChI is InChI=1S/C23H24N6OS2/c1-15-7-5-10-19(16(15)2)29-23(25-26-27-29)31-14-21(30)28-12-6-8-17(13-28)22-24-18-9-3-4-11-20(18)32-22/h3-5,7,9-11,17H,6,8,12-14H2,1-2H3/t17-/m0/s1. The van der Waals surface area contributed by atoms with E-state index in [0.29, 0.717) is 16.8 Å². The summed E-state index contributed by atoms with van der Waals surface area (Å²) in [6.45, 7) is 5.64. The van der Waals surface area contributed by atoms with E-state index < -0.39 is 0 Å². The van der Waals surface area contributed by atoms with Crippen LogP contribution in [0.2, 0.25) is 0 Å². The molecule has 9 heteroatoms. The highest BCUT2D eigenvalue weighted by atomic mass is 32.2. The molecule has 0 saturated carbocycles. The topological polar surface area (TPSA) is 76.8 Å². The van der Waals surface area contributed by atoms with Gasteiger partial charge in [-0.05, 0) is 66.4 Å². The van der Waals surface area contributed by atoms with E-state index in [1.54, 1.807) is 16.0 Å². The molecule has 0 N–H and O–H groups in total. The lowest BCUT2D eigenvalue weighted by Crippen LogP contribution is -2.40. The number of rotatable bonds is 5. The first-order chi connectivity index (χ1) is 15.6. The minimum atomic E-state index is 0.122. The average Bonchev–Trinajstić information content (AvgIpc) is 3.46. The fourth-order valence-electron chi connectivity index (χ4n) is 4.07. The molecule has 0 radical (unpaired) electrons. The minimum Gasteiger partial charge on any atom is -0.341 e. The molecule has 1 aliphatic heterocycles. The van der Waals surface area contributed by atoms with Crippen molar-refractivity contribution in [1.82, 2.24) is 30.1 Å². The monoisotopic (exact) mass is 464 g/mol. The number of nitrogens with zero attached hydrogens (tertiary/aromatic N) is 6. The Morgan fingerprint density at radius 3 is 2.94 bits per heavy atom. The summed E-state index contributed by atoms with van der Waals surface area (Å²) in [5, 5.41) is 13.9. The van der Waals surface area contributed by atoms with E-state index in [1.807, 2.05) is 29.2 Å². The van der Waals surface area contributed by atoms with Gasteiger partial charge in [0.25, 0.3) is 0 Å². The van der Waals surface area contributed by atoms with Crippen LogP contribution < -0.4 is 0 Å². The normalized spacial score (nSPS) is 16.6. The summed E-state index contributed by atoms with van der Waals surface area (Å²) in [5.74, 6) is 0.740. The zero-order valence-corrected chi connectivity index (χ0v) is 19.7. The molecule has 3 heterocycles. The van der Waals surface area contributed by atoms with Gasteiger partial charge in [-0.3, -0.25) is 4.79 Å². The second-order valence-electron chi connectivity index (χ2n) is 8.08. The van der Waals surface area contributed by atoms with Gasteiger partial charge in [-0.1, -0.05) is 36.0 Å². The zero-order chi connectivity index (χ0) is 22.1. The minimum absolute atomic E-state index is 0.122. The quantitative estimate of drug-likeness (QED) is 0.408. The highest BCUT2D eigenvalue weighted by Gasteiger charge is 2.27. The summed E-state index contributed by atoms with van der Waals surface area (Å²) in [5.41, 5.74) is 4.30. The fraction of sp³-hybridized carbons (Fsp3) is 0.348. The van der Waals surface area contributed by atoms with Crippen LogP contribution in [0.1, 0.15) is 34.9 Å². The number of tetrazole rings is 1. The fourth-order valence-corrected chi connectivity index (χ4v) is 5.95. The molecular formula is C23H24N6OS2. The van der Waals surface area contributed by atoms with E-state index in [0.717, 1.165) is 47.7 Å². The Kier molecular flexibility index (Phi) is 5.93. The number of fused-ring (bicyclic) bond motifs is 1. The van der Waals surface area contributed by atoms with E-state index in [2.05, 4.69) is 47.6 Å². The maximum atomic E-state index is 13.0. The molecule has 2 aromatic heterocycles. The number of aryl methyl sites for hydroxylation is 1. The van der Waals surface area contributed by atoms with E-state index in [4.69, 9.17) is 4.98 Å². The Morgan fingerprint density at radius 2 is 2.06 bits per heavy atom. The molecule has 1 saturated heterocycles. The molecule has 1 aliphatic rings. The summed E-state index contributed by atoms with van der Waals surface area (Å²) < 4.78 is 2.93. The third-order valence-electron chi connectivity index (χ3n) is 6.00. The van der Waals surface area contributed by atoms with Crippen LogP contribution in [0, 0.1) is 13.8 Å². The van der Waals surface area contributed by atoms with Crippen molar-refractivity contribution in [2.45, 2.75) is 37.8 Å². The van der Waals surface area contributed by atoms with Crippen molar-refractivity contribution in [3.63, 3.8) is 0 Å². The second kappa shape index (κ2) is 8.99. The number of hydrogen-bond acceptors (Lipinski definition) is 7. The van der Waals surface area contributed by atoms with Gasteiger partial charge in [-0.25, -0.2) is 4.98 Å². The predicted molar refractivity (Wildman–Crippen MR) is 128 cm³/mol. The predicted octanol–water partition coefficient (Wildman–Crippen LogP) is 4.39. The van der Waals surface area contributed by atoms with Gasteiger partial charge < -0.3 is 4.90 Å². The third-order valence-corrected chi connectivity index (χ3v) is 8.11. The molecule has 4 aromatic rings. The number of likely N-dealkylation sites (tertiary alicyclic amines) is 1. The number of benzene rings is 2. The molecular weight excluding hydrogens is 440 g/mol. The second-order valence-corrected chi connectivity index (χ2v) is 10.1. The van der Waals surface area contributed by atoms with Crippen LogP contribution in [0.3, 0.4) is 0 Å². The SMILES string of the molecule is Cc1cccc(-n2nnnc2SCC(=O)N2CCC[C@H](c3nc4ccccc4s3)C2)c1C. The van der Waals surface area contributed by atoms with Crippen molar-refractivity contribution in [3.05, 3.63) is 58.6 Å². The van der Waals surface area contributed by atoms with E-state index >= 15 is 0 Å². The largest absolute Gasteiger partial charge is 0.341 e. The summed E-state index contributed by atoms with van der Waals surface area (Å²) in [6.07, 6.45) is 2.07. The highest BCUT2D eigenvalue weighted by molar-refractivity contribution is 7.99. The van der Waals surface area contributed by atoms with Crippen molar-refractivity contribution in [2.24, 2.45) is 0 Å². The van der Waals surface area contributed by atoms with E-state index in [9.17, 15) is 4.79 Å². The molecule has 32 heavy (non-hydrogen) atoms. The van der Waals surface area contributed by atoms with Gasteiger partial charge in [0.05, 0.1) is 26.7 Å². The van der Waals surface area contributed by atoms with Crippen LogP contribution in [-0.4, -0.2) is 54.8 Å². The first-order valence-electron chi connectivity index (χ1n) is 10.7. The first kappa shape index (κ1) is 21.1. The molecule has 1 amide bonds. The number of piperidine rings is 1. The van der Waals surface area contributed by atoms with Gasteiger partial charge in [0.2, 0.25) is 11.1 Å². The molecule has 1 atom stereocenters. The molecule has 1 fully saturated rings. The lowest BCUT2D eigenvalue weighted by molar-refractivity contribution is -0.129. The Bertz CT molecular complexity index is 1230. The van der Waals surface area contributed by atoms with Crippen molar-refractivity contribution in [2.75, 3.05) is 18.8 Å². The van der Waals surface area contributed by atoms with Crippen molar-refractivity contribution >= 4 is 39.2 Å². The van der Waals surface area contributed by atoms with Crippen molar-refractivity contribution < 1.29 is 4.79 Å². The maximum Gasteiger partial charge on any atom is 0.233 e. The number of carbonyl (C=O) groups is 1. The molecule has 0 bridgehead atoms. The molecule has 5 rings (SSSR count). The van der Waals surface area contributed by atoms with Crippen LogP contribution in [-0.2, 0) is 4.79 Å². The van der Waals surface area contributed by atoms with Gasteiger partial charge in [0.15, 0.2) is 0 Å². The van der Waals surface area contributed by atoms with Crippen LogP contribution in [0.4, 0.5) is 0 Å². The maximum absolute atomic E-state index is 13.0. The number of thiazole rings is 1. The third kappa shape index (κ3) is 4.14. The van der Waals surface area contributed by atoms with E-state index in [-0.39, 0.29) is 5.91 Å². The Hall–Kier alpha value is -2.78. The van der Waals surface area contributed by atoms with E-state index in [1.165, 1.54) is 22.0 Å². The van der Waals surface area contributed by atoms with Crippen LogP contribution >= 0.6 is 23.1 Å². The van der Waals surface area contributed by atoms with Crippen LogP contribution in [0.25, 0.3) is 15.9 Å². The number of amides is 1. The molecule has 0 spiro atoms. The number of aromatic nitrogens is 5. The van der Waals surface area contributed by atoms with Crippen LogP contribution in [0.5, 0.6) is 0 Å². The van der Waals surface area contributed by atoms with Gasteiger partial charge in [-0.2, -0.15) is 4.68 Å². The Morgan fingerprint density at radius 1 is 1.19 bits per heavy atom. The lowest BCUT2D eigenvalue weighted by atomic mass is 9.99. The van der Waals surface area contributed by atoms with Gasteiger partial charge in [-0.15, -0.1) is 16.4 Å². The van der Waals surface area contributed by atoms with Gasteiger partial charge >= 0.3 is 0 Å². The Balaban J connectivity index is 1.26.